The average Bonchev–Trinajstić information content (AvgIpc) is 2.57. The summed E-state index contributed by atoms with van der Waals surface area (Å²) in [7, 11) is 0. The van der Waals surface area contributed by atoms with Crippen LogP contribution in [-0.2, 0) is 0 Å². The van der Waals surface area contributed by atoms with Crippen molar-refractivity contribution in [1.82, 2.24) is 9.97 Å². The van der Waals surface area contributed by atoms with E-state index in [0.29, 0.717) is 16.9 Å². The van der Waals surface area contributed by atoms with E-state index in [1.54, 1.807) is 6.08 Å². The van der Waals surface area contributed by atoms with Gasteiger partial charge in [0, 0.05) is 5.56 Å². The van der Waals surface area contributed by atoms with Gasteiger partial charge in [-0.2, -0.15) is 4.98 Å². The second-order valence-electron chi connectivity index (χ2n) is 3.05. The van der Waals surface area contributed by atoms with E-state index in [1.165, 1.54) is 0 Å². The van der Waals surface area contributed by atoms with Crippen molar-refractivity contribution in [2.75, 3.05) is 0 Å². The molecule has 0 unspecified atom stereocenters. The summed E-state index contributed by atoms with van der Waals surface area (Å²) in [5.41, 5.74) is 1.18. The van der Waals surface area contributed by atoms with Crippen LogP contribution < -0.4 is 0 Å². The van der Waals surface area contributed by atoms with Crippen LogP contribution in [0, 0.1) is 0 Å². The largest absolute Gasteiger partial charge is 0.438 e. The van der Waals surface area contributed by atoms with Crippen LogP contribution in [0.2, 0.25) is 10.4 Å². The molecule has 0 aliphatic carbocycles. The molecule has 0 saturated carbocycles. The smallest absolute Gasteiger partial charge is 0.233 e. The lowest BCUT2D eigenvalue weighted by Crippen LogP contribution is -1.84. The highest BCUT2D eigenvalue weighted by molar-refractivity contribution is 6.36. The number of aromatic nitrogens is 2. The molecule has 0 fully saturated rings. The van der Waals surface area contributed by atoms with Crippen molar-refractivity contribution in [2.45, 2.75) is 6.92 Å². The van der Waals surface area contributed by atoms with Crippen molar-refractivity contribution < 1.29 is 4.42 Å². The molecule has 2 aromatic rings. The predicted octanol–water partition coefficient (Wildman–Crippen LogP) is 4.21. The van der Waals surface area contributed by atoms with Gasteiger partial charge in [-0.3, -0.25) is 0 Å². The minimum Gasteiger partial charge on any atom is -0.438 e. The summed E-state index contributed by atoms with van der Waals surface area (Å²) in [5, 5.41) is 0.993. The molecule has 0 spiro atoms. The Kier molecular flexibility index (Phi) is 2.99. The van der Waals surface area contributed by atoms with Crippen LogP contribution >= 0.6 is 23.2 Å². The Bertz CT molecular complexity index is 587. The molecule has 0 aromatic carbocycles. The maximum Gasteiger partial charge on any atom is 0.233 e. The van der Waals surface area contributed by atoms with E-state index in [1.807, 2.05) is 19.1 Å². The Morgan fingerprint density at radius 2 is 2.06 bits per heavy atom. The molecule has 0 atom stereocenters. The summed E-state index contributed by atoms with van der Waals surface area (Å²) < 4.78 is 5.47. The Morgan fingerprint density at radius 1 is 1.31 bits per heavy atom. The average molecular weight is 255 g/mol. The lowest BCUT2D eigenvalue weighted by molar-refractivity contribution is 0.591. The molecular formula is C11H8Cl2N2O. The number of fused-ring (bicyclic) bond motifs is 1. The monoisotopic (exact) mass is 254 g/mol. The first kappa shape index (κ1) is 11.2. The van der Waals surface area contributed by atoms with Crippen LogP contribution in [0.25, 0.3) is 23.3 Å². The minimum absolute atomic E-state index is 0.0638. The highest BCUT2D eigenvalue weighted by Crippen LogP contribution is 2.32. The van der Waals surface area contributed by atoms with Crippen molar-refractivity contribution in [1.29, 1.82) is 0 Å². The number of hydrogen-bond acceptors (Lipinski definition) is 3. The number of allylic oxidation sites excluding steroid dienone is 1. The van der Waals surface area contributed by atoms with Gasteiger partial charge in [-0.25, -0.2) is 4.98 Å². The Balaban J connectivity index is 2.89. The third-order valence-corrected chi connectivity index (χ3v) is 2.51. The van der Waals surface area contributed by atoms with Crippen molar-refractivity contribution in [2.24, 2.45) is 0 Å². The Hall–Kier alpha value is -1.32. The zero-order valence-electron chi connectivity index (χ0n) is 8.50. The van der Waals surface area contributed by atoms with Crippen molar-refractivity contribution in [3.05, 3.63) is 34.4 Å². The van der Waals surface area contributed by atoms with Crippen LogP contribution in [0.4, 0.5) is 0 Å². The maximum atomic E-state index is 6.01. The second kappa shape index (κ2) is 4.28. The number of hydrogen-bond donors (Lipinski definition) is 0. The zero-order chi connectivity index (χ0) is 11.7. The standard InChI is InChI=1S/C11H8Cl2N2O/c1-3-5-6-7(4-2)16-10-8(6)9(12)14-11(13)15-10/h3-5H,2H2,1H3/b5-3-. The van der Waals surface area contributed by atoms with E-state index in [0.717, 1.165) is 5.56 Å². The first-order chi connectivity index (χ1) is 7.67. The van der Waals surface area contributed by atoms with Crippen LogP contribution in [0.3, 0.4) is 0 Å². The van der Waals surface area contributed by atoms with Crippen LogP contribution in [0.5, 0.6) is 0 Å². The SMILES string of the molecule is C=Cc1oc2nc(Cl)nc(Cl)c2c1/C=C\C. The highest BCUT2D eigenvalue weighted by atomic mass is 35.5. The van der Waals surface area contributed by atoms with Gasteiger partial charge in [0.15, 0.2) is 0 Å². The van der Waals surface area contributed by atoms with Crippen LogP contribution in [-0.4, -0.2) is 9.97 Å². The molecule has 82 valence electrons. The van der Waals surface area contributed by atoms with Gasteiger partial charge < -0.3 is 4.42 Å². The van der Waals surface area contributed by atoms with Gasteiger partial charge in [0.05, 0.1) is 5.39 Å². The fourth-order valence-corrected chi connectivity index (χ4v) is 1.92. The molecule has 16 heavy (non-hydrogen) atoms. The molecule has 3 nitrogen and oxygen atoms in total. The van der Waals surface area contributed by atoms with Gasteiger partial charge in [-0.15, -0.1) is 0 Å². The fourth-order valence-electron chi connectivity index (χ4n) is 1.46. The summed E-state index contributed by atoms with van der Waals surface area (Å²) in [5.74, 6) is 0.603. The molecule has 0 aliphatic heterocycles. The Morgan fingerprint density at radius 3 is 2.69 bits per heavy atom. The molecule has 0 radical (unpaired) electrons. The second-order valence-corrected chi connectivity index (χ2v) is 3.74. The number of halogens is 2. The third kappa shape index (κ3) is 1.72. The van der Waals surface area contributed by atoms with Gasteiger partial charge in [-0.1, -0.05) is 30.3 Å². The van der Waals surface area contributed by atoms with Gasteiger partial charge in [0.1, 0.15) is 10.9 Å². The summed E-state index contributed by atoms with van der Waals surface area (Å²) in [6, 6.07) is 0. The first-order valence-corrected chi connectivity index (χ1v) is 5.33. The summed E-state index contributed by atoms with van der Waals surface area (Å²) in [4.78, 5) is 7.85. The van der Waals surface area contributed by atoms with Gasteiger partial charge >= 0.3 is 0 Å². The quantitative estimate of drug-likeness (QED) is 0.596. The minimum atomic E-state index is 0.0638. The molecule has 2 aromatic heterocycles. The molecule has 2 heterocycles. The van der Waals surface area contributed by atoms with E-state index in [-0.39, 0.29) is 10.4 Å². The third-order valence-electron chi connectivity index (χ3n) is 2.06. The van der Waals surface area contributed by atoms with E-state index < -0.39 is 0 Å². The highest BCUT2D eigenvalue weighted by Gasteiger charge is 2.16. The summed E-state index contributed by atoms with van der Waals surface area (Å²) in [6.07, 6.45) is 5.34. The van der Waals surface area contributed by atoms with Crippen LogP contribution in [0.1, 0.15) is 18.2 Å². The van der Waals surface area contributed by atoms with Gasteiger partial charge in [-0.05, 0) is 24.6 Å². The zero-order valence-corrected chi connectivity index (χ0v) is 10.0. The molecule has 0 bridgehead atoms. The normalized spacial score (nSPS) is 11.4. The van der Waals surface area contributed by atoms with Gasteiger partial charge in [0.25, 0.3) is 0 Å². The molecular weight excluding hydrogens is 247 g/mol. The number of rotatable bonds is 2. The lowest BCUT2D eigenvalue weighted by atomic mass is 10.1. The van der Waals surface area contributed by atoms with E-state index in [4.69, 9.17) is 27.6 Å². The summed E-state index contributed by atoms with van der Waals surface area (Å²) >= 11 is 11.7. The van der Waals surface area contributed by atoms with E-state index in [2.05, 4.69) is 16.5 Å². The Labute approximate surface area is 102 Å². The van der Waals surface area contributed by atoms with Gasteiger partial charge in [0.2, 0.25) is 11.0 Å². The molecule has 0 saturated heterocycles. The van der Waals surface area contributed by atoms with E-state index in [9.17, 15) is 0 Å². The molecule has 0 amide bonds. The molecule has 2 rings (SSSR count). The fraction of sp³-hybridized carbons (Fsp3) is 0.0909. The topological polar surface area (TPSA) is 38.9 Å². The molecule has 0 N–H and O–H groups in total. The van der Waals surface area contributed by atoms with Crippen LogP contribution in [0.15, 0.2) is 17.1 Å². The van der Waals surface area contributed by atoms with Crippen molar-refractivity contribution in [3.63, 3.8) is 0 Å². The van der Waals surface area contributed by atoms with Crippen molar-refractivity contribution in [3.8, 4) is 0 Å². The number of nitrogens with zero attached hydrogens (tertiary/aromatic N) is 2. The van der Waals surface area contributed by atoms with Crippen molar-refractivity contribution >= 4 is 46.5 Å². The predicted molar refractivity (Wildman–Crippen MR) is 66.6 cm³/mol. The lowest BCUT2D eigenvalue weighted by Gasteiger charge is -1.94. The maximum absolute atomic E-state index is 6.01. The summed E-state index contributed by atoms with van der Waals surface area (Å²) in [6.45, 7) is 5.57. The molecule has 5 heteroatoms. The van der Waals surface area contributed by atoms with E-state index >= 15 is 0 Å². The first-order valence-electron chi connectivity index (χ1n) is 4.58. The molecule has 0 aliphatic rings. The number of furan rings is 1.